The summed E-state index contributed by atoms with van der Waals surface area (Å²) < 4.78 is 52.4. The van der Waals surface area contributed by atoms with Gasteiger partial charge in [-0.25, -0.2) is 4.39 Å². The maximum Gasteiger partial charge on any atom is 0.419 e. The molecule has 2 aliphatic heterocycles. The molecule has 4 rings (SSSR count). The minimum absolute atomic E-state index is 0.00295. The Morgan fingerprint density at radius 2 is 1.91 bits per heavy atom. The monoisotopic (exact) mass is 461 g/mol. The molecule has 174 valence electrons. The van der Waals surface area contributed by atoms with Gasteiger partial charge < -0.3 is 15.1 Å². The lowest BCUT2D eigenvalue weighted by Crippen LogP contribution is -2.41. The smallest absolute Gasteiger partial charge is 0.355 e. The van der Waals surface area contributed by atoms with Gasteiger partial charge in [-0.3, -0.25) is 9.59 Å². The fraction of sp³-hybridized carbons (Fsp3) is 0.333. The number of hydrogen-bond acceptors (Lipinski definition) is 3. The quantitative estimate of drug-likeness (QED) is 0.539. The van der Waals surface area contributed by atoms with E-state index < -0.39 is 17.6 Å². The van der Waals surface area contributed by atoms with Gasteiger partial charge in [0, 0.05) is 37.6 Å². The van der Waals surface area contributed by atoms with E-state index in [1.807, 2.05) is 6.07 Å². The highest BCUT2D eigenvalue weighted by Gasteiger charge is 2.35. The normalized spacial score (nSPS) is 18.1. The van der Waals surface area contributed by atoms with Crippen LogP contribution in [0, 0.1) is 11.7 Å². The fourth-order valence-corrected chi connectivity index (χ4v) is 4.44. The van der Waals surface area contributed by atoms with Gasteiger partial charge in [0.25, 0.3) is 0 Å². The van der Waals surface area contributed by atoms with E-state index in [-0.39, 0.29) is 23.4 Å². The maximum atomic E-state index is 13.9. The Morgan fingerprint density at radius 3 is 2.61 bits per heavy atom. The number of alkyl halides is 3. The molecule has 9 heteroatoms. The van der Waals surface area contributed by atoms with E-state index in [1.165, 1.54) is 12.1 Å². The van der Waals surface area contributed by atoms with E-state index in [0.29, 0.717) is 44.7 Å². The Kier molecular flexibility index (Phi) is 6.14. The zero-order valence-electron chi connectivity index (χ0n) is 17.8. The second kappa shape index (κ2) is 8.88. The molecule has 5 nitrogen and oxygen atoms in total. The van der Waals surface area contributed by atoms with Crippen LogP contribution in [0.25, 0.3) is 0 Å². The Hall–Kier alpha value is -3.36. The molecule has 2 amide bonds. The van der Waals surface area contributed by atoms with Crippen molar-refractivity contribution in [3.63, 3.8) is 0 Å². The summed E-state index contributed by atoms with van der Waals surface area (Å²) in [5, 5.41) is 3.01. The number of amides is 2. The van der Waals surface area contributed by atoms with E-state index >= 15 is 0 Å². The molecule has 33 heavy (non-hydrogen) atoms. The highest BCUT2D eigenvalue weighted by Crippen LogP contribution is 2.34. The van der Waals surface area contributed by atoms with E-state index in [9.17, 15) is 27.2 Å². The second-order valence-corrected chi connectivity index (χ2v) is 8.24. The van der Waals surface area contributed by atoms with Gasteiger partial charge in [0.15, 0.2) is 0 Å². The van der Waals surface area contributed by atoms with E-state index in [1.54, 1.807) is 21.9 Å². The third kappa shape index (κ3) is 4.72. The minimum Gasteiger partial charge on any atom is -0.355 e. The zero-order valence-corrected chi connectivity index (χ0v) is 17.8. The average Bonchev–Trinajstić information content (AvgIpc) is 3.27. The van der Waals surface area contributed by atoms with Gasteiger partial charge in [0.05, 0.1) is 11.5 Å². The predicted molar refractivity (Wildman–Crippen MR) is 115 cm³/mol. The summed E-state index contributed by atoms with van der Waals surface area (Å²) in [6.07, 6.45) is -2.33. The third-order valence-electron chi connectivity index (χ3n) is 6.15. The Bertz CT molecular complexity index is 1100. The van der Waals surface area contributed by atoms with Gasteiger partial charge in [-0.05, 0) is 54.3 Å². The van der Waals surface area contributed by atoms with Crippen molar-refractivity contribution in [3.05, 3.63) is 71.6 Å². The number of nitrogens with zero attached hydrogens (tertiary/aromatic N) is 2. The first kappa shape index (κ1) is 22.8. The van der Waals surface area contributed by atoms with Crippen LogP contribution in [0.3, 0.4) is 0 Å². The lowest BCUT2D eigenvalue weighted by molar-refractivity contribution is -0.140. The van der Waals surface area contributed by atoms with Crippen LogP contribution in [0.1, 0.15) is 23.1 Å². The van der Waals surface area contributed by atoms with Crippen LogP contribution >= 0.6 is 0 Å². The summed E-state index contributed by atoms with van der Waals surface area (Å²) in [5.41, 5.74) is 1.44. The Balaban J connectivity index is 1.47. The Labute approximate surface area is 188 Å². The molecule has 0 spiro atoms. The molecule has 0 aliphatic carbocycles. The van der Waals surface area contributed by atoms with Crippen molar-refractivity contribution in [1.82, 2.24) is 9.80 Å². The van der Waals surface area contributed by atoms with Crippen LogP contribution in [0.5, 0.6) is 0 Å². The van der Waals surface area contributed by atoms with Gasteiger partial charge in [-0.2, -0.15) is 13.2 Å². The van der Waals surface area contributed by atoms with Crippen molar-refractivity contribution in [2.75, 3.05) is 25.0 Å². The molecule has 0 aromatic heterocycles. The van der Waals surface area contributed by atoms with E-state index in [4.69, 9.17) is 0 Å². The van der Waals surface area contributed by atoms with Gasteiger partial charge in [-0.15, -0.1) is 0 Å². The molecule has 1 fully saturated rings. The minimum atomic E-state index is -4.75. The van der Waals surface area contributed by atoms with Crippen LogP contribution in [0.2, 0.25) is 0 Å². The molecule has 0 radical (unpaired) electrons. The van der Waals surface area contributed by atoms with Gasteiger partial charge in [0.2, 0.25) is 11.8 Å². The molecule has 1 unspecified atom stereocenters. The number of halogens is 4. The summed E-state index contributed by atoms with van der Waals surface area (Å²) in [6.45, 7) is 5.28. The van der Waals surface area contributed by atoms with Crippen LogP contribution in [-0.2, 0) is 28.7 Å². The first-order valence-corrected chi connectivity index (χ1v) is 10.6. The lowest BCUT2D eigenvalue weighted by atomic mass is 9.96. The molecule has 2 aromatic carbocycles. The van der Waals surface area contributed by atoms with Crippen LogP contribution in [0.15, 0.2) is 49.1 Å². The molecule has 0 bridgehead atoms. The van der Waals surface area contributed by atoms with Crippen LogP contribution in [0.4, 0.5) is 28.9 Å². The van der Waals surface area contributed by atoms with E-state index in [0.717, 1.165) is 23.3 Å². The van der Waals surface area contributed by atoms with Gasteiger partial charge in [-0.1, -0.05) is 18.7 Å². The summed E-state index contributed by atoms with van der Waals surface area (Å²) >= 11 is 0. The maximum absolute atomic E-state index is 13.9. The number of carbonyl (C=O) groups excluding carboxylic acids is 2. The number of carbonyl (C=O) groups is 2. The van der Waals surface area contributed by atoms with Crippen molar-refractivity contribution >= 4 is 23.2 Å². The van der Waals surface area contributed by atoms with Crippen molar-refractivity contribution < 1.29 is 27.2 Å². The van der Waals surface area contributed by atoms with E-state index in [2.05, 4.69) is 11.9 Å². The number of likely N-dealkylation sites (tertiary alicyclic amines) is 1. The molecular formula is C24H23F4N3O2. The van der Waals surface area contributed by atoms with Gasteiger partial charge >= 0.3 is 6.18 Å². The molecule has 2 aliphatic rings. The molecule has 1 N–H and O–H groups in total. The first-order chi connectivity index (χ1) is 15.7. The molecule has 1 atom stereocenters. The lowest BCUT2D eigenvalue weighted by Gasteiger charge is -2.32. The number of benzene rings is 2. The summed E-state index contributed by atoms with van der Waals surface area (Å²) in [7, 11) is 0. The van der Waals surface area contributed by atoms with Crippen molar-refractivity contribution in [2.24, 2.45) is 5.92 Å². The largest absolute Gasteiger partial charge is 0.419 e. The number of nitrogens with one attached hydrogen (secondary N) is 1. The summed E-state index contributed by atoms with van der Waals surface area (Å²) in [4.78, 5) is 28.2. The number of hydrogen-bond donors (Lipinski definition) is 1. The van der Waals surface area contributed by atoms with Gasteiger partial charge in [0.1, 0.15) is 5.82 Å². The number of anilines is 2. The number of fused-ring (bicyclic) bond motifs is 1. The van der Waals surface area contributed by atoms with Crippen LogP contribution in [-0.4, -0.2) is 41.2 Å². The van der Waals surface area contributed by atoms with Crippen molar-refractivity contribution in [3.8, 4) is 0 Å². The second-order valence-electron chi connectivity index (χ2n) is 8.24. The third-order valence-corrected chi connectivity index (χ3v) is 6.15. The highest BCUT2D eigenvalue weighted by atomic mass is 19.4. The standard InChI is InChI=1S/C24H23F4N3O2/c1-2-22(32)30-10-8-16(14-30)23(33)31-11-9-18-15(13-31)4-3-5-21(18)29-17-6-7-19(20(25)12-17)24(26,27)28/h2-7,12,16,29H,1,8-11,13-14H2. The van der Waals surface area contributed by atoms with Crippen LogP contribution < -0.4 is 5.32 Å². The highest BCUT2D eigenvalue weighted by molar-refractivity contribution is 5.88. The van der Waals surface area contributed by atoms with Crippen molar-refractivity contribution in [2.45, 2.75) is 25.6 Å². The SMILES string of the molecule is C=CC(=O)N1CCC(C(=O)N2CCc3c(cccc3Nc3ccc(C(F)(F)F)c(F)c3)C2)C1. The summed E-state index contributed by atoms with van der Waals surface area (Å²) in [5.74, 6) is -1.76. The fourth-order valence-electron chi connectivity index (χ4n) is 4.44. The molecule has 2 aromatic rings. The van der Waals surface area contributed by atoms with Crippen molar-refractivity contribution in [1.29, 1.82) is 0 Å². The first-order valence-electron chi connectivity index (χ1n) is 10.6. The molecule has 0 saturated carbocycles. The predicted octanol–water partition coefficient (Wildman–Crippen LogP) is 4.51. The average molecular weight is 461 g/mol. The summed E-state index contributed by atoms with van der Waals surface area (Å²) in [6, 6.07) is 8.21. The molecule has 2 heterocycles. The topological polar surface area (TPSA) is 52.7 Å². The number of rotatable bonds is 4. The Morgan fingerprint density at radius 1 is 1.12 bits per heavy atom. The molecular weight excluding hydrogens is 438 g/mol. The molecule has 1 saturated heterocycles. The zero-order chi connectivity index (χ0) is 23.8.